The molecule has 9 nitrogen and oxygen atoms in total. The van der Waals surface area contributed by atoms with E-state index in [2.05, 4.69) is 10.3 Å². The zero-order valence-corrected chi connectivity index (χ0v) is 15.7. The molecule has 2 unspecified atom stereocenters. The Bertz CT molecular complexity index is 830. The van der Waals surface area contributed by atoms with Crippen LogP contribution in [-0.2, 0) is 21.0 Å². The number of halogens is 1. The summed E-state index contributed by atoms with van der Waals surface area (Å²) >= 11 is 0. The normalized spacial score (nSPS) is 20.0. The van der Waals surface area contributed by atoms with Gasteiger partial charge in [-0.15, -0.1) is 0 Å². The Morgan fingerprint density at radius 1 is 1.54 bits per heavy atom. The number of guanidine groups is 1. The van der Waals surface area contributed by atoms with Crippen LogP contribution in [0.5, 0.6) is 5.75 Å². The van der Waals surface area contributed by atoms with E-state index in [1.807, 2.05) is 6.92 Å². The zero-order valence-electron chi connectivity index (χ0n) is 15.7. The van der Waals surface area contributed by atoms with Gasteiger partial charge in [0.05, 0.1) is 18.8 Å². The standard InChI is InChI=1S/C18H23FN4O5/c1-3-18(2,7-6-14(20)25)28-27-13-5-4-11-10(15(13)19)8-23-12(9-24)16(26)22-17(23)21-11/h4-5,12,24H,3,6-9H2,1-2H3,(H2,20,25)(H,21,22,26). The summed E-state index contributed by atoms with van der Waals surface area (Å²) in [6.45, 7) is 3.25. The maximum atomic E-state index is 15.0. The number of nitrogens with two attached hydrogens (primary N) is 1. The number of aliphatic hydroxyl groups excluding tert-OH is 1. The van der Waals surface area contributed by atoms with Crippen LogP contribution in [0.1, 0.15) is 38.7 Å². The zero-order chi connectivity index (χ0) is 20.5. The molecule has 4 N–H and O–H groups in total. The number of amides is 2. The van der Waals surface area contributed by atoms with E-state index in [9.17, 15) is 19.1 Å². The molecule has 1 saturated heterocycles. The molecule has 152 valence electrons. The first-order valence-electron chi connectivity index (χ1n) is 9.00. The van der Waals surface area contributed by atoms with Crippen molar-refractivity contribution < 1.29 is 28.9 Å². The van der Waals surface area contributed by atoms with Gasteiger partial charge in [0, 0.05) is 12.0 Å². The van der Waals surface area contributed by atoms with E-state index in [1.165, 1.54) is 11.0 Å². The summed E-state index contributed by atoms with van der Waals surface area (Å²) in [5.41, 5.74) is 4.96. The number of fused-ring (bicyclic) bond motifs is 2. The smallest absolute Gasteiger partial charge is 0.251 e. The molecule has 0 radical (unpaired) electrons. The van der Waals surface area contributed by atoms with Crippen LogP contribution in [0.4, 0.5) is 10.1 Å². The number of nitrogens with zero attached hydrogens (tertiary/aromatic N) is 2. The van der Waals surface area contributed by atoms with E-state index < -0.39 is 30.0 Å². The summed E-state index contributed by atoms with van der Waals surface area (Å²) in [7, 11) is 0. The summed E-state index contributed by atoms with van der Waals surface area (Å²) in [5, 5.41) is 12.0. The molecule has 1 fully saturated rings. The van der Waals surface area contributed by atoms with Crippen molar-refractivity contribution >= 4 is 23.5 Å². The summed E-state index contributed by atoms with van der Waals surface area (Å²) in [4.78, 5) is 39.3. The topological polar surface area (TPSA) is 126 Å². The molecule has 10 heteroatoms. The highest BCUT2D eigenvalue weighted by Gasteiger charge is 2.39. The largest absolute Gasteiger partial charge is 0.394 e. The first kappa shape index (κ1) is 20.0. The highest BCUT2D eigenvalue weighted by Crippen LogP contribution is 2.36. The molecule has 1 aromatic carbocycles. The van der Waals surface area contributed by atoms with Gasteiger partial charge in [0.2, 0.25) is 17.6 Å². The van der Waals surface area contributed by atoms with Crippen LogP contribution in [0.15, 0.2) is 17.1 Å². The van der Waals surface area contributed by atoms with Gasteiger partial charge in [-0.05, 0) is 31.9 Å². The highest BCUT2D eigenvalue weighted by atomic mass is 19.1. The second-order valence-corrected chi connectivity index (χ2v) is 7.06. The number of benzene rings is 1. The van der Waals surface area contributed by atoms with Crippen molar-refractivity contribution in [2.24, 2.45) is 10.7 Å². The van der Waals surface area contributed by atoms with Crippen LogP contribution in [0, 0.1) is 5.82 Å². The first-order valence-corrected chi connectivity index (χ1v) is 9.00. The van der Waals surface area contributed by atoms with Crippen molar-refractivity contribution in [1.29, 1.82) is 0 Å². The molecule has 28 heavy (non-hydrogen) atoms. The number of carbonyl (C=O) groups excluding carboxylic acids is 2. The quantitative estimate of drug-likeness (QED) is 0.443. The number of carbonyl (C=O) groups is 2. The SMILES string of the molecule is CCC(C)(CCC(N)=O)OOc1ccc2c(c1F)CN1C(=N2)NC(=O)C1CO. The molecule has 2 aliphatic heterocycles. The van der Waals surface area contributed by atoms with Crippen molar-refractivity contribution in [3.8, 4) is 5.75 Å². The van der Waals surface area contributed by atoms with Crippen LogP contribution < -0.4 is 15.9 Å². The van der Waals surface area contributed by atoms with Gasteiger partial charge >= 0.3 is 0 Å². The fourth-order valence-corrected chi connectivity index (χ4v) is 3.02. The number of rotatable bonds is 8. The van der Waals surface area contributed by atoms with Crippen LogP contribution in [0.2, 0.25) is 0 Å². The van der Waals surface area contributed by atoms with Gasteiger partial charge in [0.25, 0.3) is 5.91 Å². The number of aliphatic hydroxyl groups is 1. The van der Waals surface area contributed by atoms with Crippen molar-refractivity contribution in [2.75, 3.05) is 6.61 Å². The number of hydrogen-bond donors (Lipinski definition) is 3. The van der Waals surface area contributed by atoms with Crippen molar-refractivity contribution in [3.63, 3.8) is 0 Å². The predicted octanol–water partition coefficient (Wildman–Crippen LogP) is 0.864. The van der Waals surface area contributed by atoms with Crippen LogP contribution in [0.25, 0.3) is 0 Å². The van der Waals surface area contributed by atoms with Gasteiger partial charge in [-0.25, -0.2) is 9.38 Å². The average molecular weight is 394 g/mol. The van der Waals surface area contributed by atoms with E-state index in [4.69, 9.17) is 15.5 Å². The molecular formula is C18H23FN4O5. The molecule has 0 bridgehead atoms. The molecular weight excluding hydrogens is 371 g/mol. The van der Waals surface area contributed by atoms with Gasteiger partial charge in [-0.1, -0.05) is 6.92 Å². The Morgan fingerprint density at radius 3 is 2.93 bits per heavy atom. The lowest BCUT2D eigenvalue weighted by Crippen LogP contribution is -2.39. The van der Waals surface area contributed by atoms with E-state index in [-0.39, 0.29) is 36.1 Å². The minimum absolute atomic E-state index is 0.0495. The summed E-state index contributed by atoms with van der Waals surface area (Å²) in [6.07, 6.45) is 0.982. The maximum absolute atomic E-state index is 15.0. The lowest BCUT2D eigenvalue weighted by molar-refractivity contribution is -0.290. The Morgan fingerprint density at radius 2 is 2.29 bits per heavy atom. The number of hydrogen-bond acceptors (Lipinski definition) is 7. The second kappa shape index (κ2) is 7.72. The maximum Gasteiger partial charge on any atom is 0.251 e. The van der Waals surface area contributed by atoms with Crippen LogP contribution >= 0.6 is 0 Å². The Kier molecular flexibility index (Phi) is 5.52. The van der Waals surface area contributed by atoms with Crippen molar-refractivity contribution in [2.45, 2.75) is 51.3 Å². The lowest BCUT2D eigenvalue weighted by atomic mass is 9.97. The number of primary amides is 1. The third-order valence-electron chi connectivity index (χ3n) is 5.08. The van der Waals surface area contributed by atoms with Gasteiger partial charge in [0.15, 0.2) is 5.82 Å². The average Bonchev–Trinajstić information content (AvgIpc) is 2.98. The predicted molar refractivity (Wildman–Crippen MR) is 96.9 cm³/mol. The van der Waals surface area contributed by atoms with E-state index in [0.29, 0.717) is 18.5 Å². The molecule has 2 amide bonds. The molecule has 0 aliphatic carbocycles. The minimum atomic E-state index is -0.815. The van der Waals surface area contributed by atoms with Crippen LogP contribution in [0.3, 0.4) is 0 Å². The lowest BCUT2D eigenvalue weighted by Gasteiger charge is -2.28. The molecule has 3 rings (SSSR count). The molecule has 0 spiro atoms. The Hall–Kier alpha value is -2.72. The van der Waals surface area contributed by atoms with Crippen LogP contribution in [-0.4, -0.2) is 46.0 Å². The van der Waals surface area contributed by atoms with Gasteiger partial charge < -0.3 is 20.6 Å². The van der Waals surface area contributed by atoms with E-state index >= 15 is 0 Å². The fourth-order valence-electron chi connectivity index (χ4n) is 3.02. The minimum Gasteiger partial charge on any atom is -0.394 e. The van der Waals surface area contributed by atoms with Crippen molar-refractivity contribution in [1.82, 2.24) is 10.2 Å². The van der Waals surface area contributed by atoms with E-state index in [0.717, 1.165) is 0 Å². The molecule has 2 heterocycles. The van der Waals surface area contributed by atoms with Gasteiger partial charge in [-0.2, -0.15) is 4.89 Å². The van der Waals surface area contributed by atoms with E-state index in [1.54, 1.807) is 13.0 Å². The van der Waals surface area contributed by atoms with Gasteiger partial charge in [-0.3, -0.25) is 14.9 Å². The number of aliphatic imine (C=N–C) groups is 1. The van der Waals surface area contributed by atoms with Crippen molar-refractivity contribution in [3.05, 3.63) is 23.5 Å². The molecule has 0 saturated carbocycles. The third-order valence-corrected chi connectivity index (χ3v) is 5.08. The Labute approximate surface area is 161 Å². The summed E-state index contributed by atoms with van der Waals surface area (Å²) in [6, 6.07) is 2.13. The van der Waals surface area contributed by atoms with Gasteiger partial charge in [0.1, 0.15) is 11.6 Å². The summed E-state index contributed by atoms with van der Waals surface area (Å²) in [5.74, 6) is -1.35. The molecule has 1 aromatic rings. The molecule has 2 atom stereocenters. The Balaban J connectivity index is 1.78. The third kappa shape index (κ3) is 3.78. The first-order chi connectivity index (χ1) is 13.3. The highest BCUT2D eigenvalue weighted by molar-refractivity contribution is 6.07. The molecule has 2 aliphatic rings. The number of nitrogens with one attached hydrogen (secondary N) is 1. The monoisotopic (exact) mass is 394 g/mol. The second-order valence-electron chi connectivity index (χ2n) is 7.06. The molecule has 0 aromatic heterocycles. The fraction of sp³-hybridized carbons (Fsp3) is 0.500. The summed E-state index contributed by atoms with van der Waals surface area (Å²) < 4.78 is 15.0.